The smallest absolute Gasteiger partial charge is 0.395 e. The summed E-state index contributed by atoms with van der Waals surface area (Å²) < 4.78 is 7.11. The molecular weight excluding hydrogens is 336 g/mol. The molecule has 0 saturated heterocycles. The van der Waals surface area contributed by atoms with E-state index in [1.807, 2.05) is 18.3 Å². The summed E-state index contributed by atoms with van der Waals surface area (Å²) in [6.45, 7) is 0.951. The molecule has 0 saturated carbocycles. The molecule has 0 bridgehead atoms. The Morgan fingerprint density at radius 1 is 1.23 bits per heavy atom. The highest BCUT2D eigenvalue weighted by Crippen LogP contribution is 2.29. The Bertz CT molecular complexity index is 965. The van der Waals surface area contributed by atoms with E-state index in [-0.39, 0.29) is 5.76 Å². The monoisotopic (exact) mass is 352 g/mol. The third-order valence-corrected chi connectivity index (χ3v) is 4.36. The normalized spacial score (nSPS) is 13.2. The zero-order valence-corrected chi connectivity index (χ0v) is 13.8. The Kier molecular flexibility index (Phi) is 4.00. The van der Waals surface area contributed by atoms with Gasteiger partial charge in [-0.25, -0.2) is 4.98 Å². The SMILES string of the molecule is O=C(Nc1ccccc1-c1cn2c(n1)CCCC2)c1ccc([N+](=O)[O-])o1. The van der Waals surface area contributed by atoms with E-state index >= 15 is 0 Å². The number of nitrogens with zero attached hydrogens (tertiary/aromatic N) is 3. The number of fused-ring (bicyclic) bond motifs is 1. The van der Waals surface area contributed by atoms with Gasteiger partial charge in [-0.05, 0) is 25.0 Å². The number of nitro groups is 1. The molecule has 0 atom stereocenters. The number of imidazole rings is 1. The molecule has 1 N–H and O–H groups in total. The van der Waals surface area contributed by atoms with Gasteiger partial charge in [0.05, 0.1) is 17.4 Å². The van der Waals surface area contributed by atoms with Crippen LogP contribution in [0.4, 0.5) is 11.6 Å². The molecule has 8 heteroatoms. The fourth-order valence-electron chi connectivity index (χ4n) is 3.09. The average Bonchev–Trinajstić information content (AvgIpc) is 3.29. The summed E-state index contributed by atoms with van der Waals surface area (Å²) in [6, 6.07) is 9.77. The quantitative estimate of drug-likeness (QED) is 0.570. The molecule has 8 nitrogen and oxygen atoms in total. The molecule has 1 amide bonds. The first-order chi connectivity index (χ1) is 12.6. The highest BCUT2D eigenvalue weighted by Gasteiger charge is 2.20. The van der Waals surface area contributed by atoms with E-state index in [0.29, 0.717) is 5.69 Å². The third kappa shape index (κ3) is 2.97. The first kappa shape index (κ1) is 16.1. The zero-order chi connectivity index (χ0) is 18.1. The Morgan fingerprint density at radius 2 is 2.08 bits per heavy atom. The fraction of sp³-hybridized carbons (Fsp3) is 0.222. The van der Waals surface area contributed by atoms with Crippen LogP contribution < -0.4 is 5.32 Å². The number of benzene rings is 1. The Hall–Kier alpha value is -3.42. The van der Waals surface area contributed by atoms with Crippen LogP contribution in [0.3, 0.4) is 0 Å². The second-order valence-electron chi connectivity index (χ2n) is 6.09. The van der Waals surface area contributed by atoms with Gasteiger partial charge in [-0.15, -0.1) is 0 Å². The Labute approximate surface area is 148 Å². The molecule has 0 unspecified atom stereocenters. The summed E-state index contributed by atoms with van der Waals surface area (Å²) in [5.41, 5.74) is 2.17. The summed E-state index contributed by atoms with van der Waals surface area (Å²) >= 11 is 0. The van der Waals surface area contributed by atoms with Crippen LogP contribution in [0.2, 0.25) is 0 Å². The standard InChI is InChI=1S/C18H16N4O4/c23-18(15-8-9-17(26-15)22(24)25)20-13-6-2-1-5-12(13)14-11-21-10-4-3-7-16(21)19-14/h1-2,5-6,8-9,11H,3-4,7,10H2,(H,20,23). The van der Waals surface area contributed by atoms with Crippen molar-refractivity contribution in [2.45, 2.75) is 25.8 Å². The second kappa shape index (κ2) is 6.47. The largest absolute Gasteiger partial charge is 0.433 e. The van der Waals surface area contributed by atoms with Crippen LogP contribution in [-0.4, -0.2) is 20.4 Å². The van der Waals surface area contributed by atoms with Crippen molar-refractivity contribution in [2.24, 2.45) is 0 Å². The van der Waals surface area contributed by atoms with E-state index in [9.17, 15) is 14.9 Å². The number of furan rings is 1. The first-order valence-corrected chi connectivity index (χ1v) is 8.33. The highest BCUT2D eigenvalue weighted by atomic mass is 16.6. The molecule has 26 heavy (non-hydrogen) atoms. The first-order valence-electron chi connectivity index (χ1n) is 8.33. The van der Waals surface area contributed by atoms with Crippen molar-refractivity contribution < 1.29 is 14.1 Å². The summed E-state index contributed by atoms with van der Waals surface area (Å²) in [5.74, 6) is -0.0792. The van der Waals surface area contributed by atoms with Crippen LogP contribution >= 0.6 is 0 Å². The molecule has 1 aliphatic heterocycles. The van der Waals surface area contributed by atoms with E-state index < -0.39 is 16.7 Å². The van der Waals surface area contributed by atoms with Gasteiger partial charge in [0.2, 0.25) is 0 Å². The maximum Gasteiger partial charge on any atom is 0.433 e. The molecule has 132 valence electrons. The molecule has 0 radical (unpaired) electrons. The van der Waals surface area contributed by atoms with E-state index in [4.69, 9.17) is 4.42 Å². The van der Waals surface area contributed by atoms with Crippen LogP contribution in [0.5, 0.6) is 0 Å². The van der Waals surface area contributed by atoms with Gasteiger partial charge < -0.3 is 14.3 Å². The fourth-order valence-corrected chi connectivity index (χ4v) is 3.09. The van der Waals surface area contributed by atoms with Gasteiger partial charge in [0, 0.05) is 24.7 Å². The molecule has 2 aromatic heterocycles. The van der Waals surface area contributed by atoms with Crippen LogP contribution in [0.25, 0.3) is 11.3 Å². The van der Waals surface area contributed by atoms with E-state index in [1.54, 1.807) is 12.1 Å². The number of hydrogen-bond donors (Lipinski definition) is 1. The molecule has 3 aromatic rings. The minimum absolute atomic E-state index is 0.115. The summed E-state index contributed by atoms with van der Waals surface area (Å²) in [7, 11) is 0. The van der Waals surface area contributed by atoms with E-state index in [1.165, 1.54) is 6.07 Å². The molecule has 3 heterocycles. The molecular formula is C18H16N4O4. The van der Waals surface area contributed by atoms with Crippen LogP contribution in [-0.2, 0) is 13.0 Å². The number of anilines is 1. The topological polar surface area (TPSA) is 103 Å². The van der Waals surface area contributed by atoms with E-state index in [2.05, 4.69) is 14.9 Å². The number of carbonyl (C=O) groups excluding carboxylic acids is 1. The number of carbonyl (C=O) groups is 1. The molecule has 0 fully saturated rings. The van der Waals surface area contributed by atoms with Crippen molar-refractivity contribution in [1.29, 1.82) is 0 Å². The van der Waals surface area contributed by atoms with Crippen molar-refractivity contribution in [1.82, 2.24) is 9.55 Å². The van der Waals surface area contributed by atoms with Gasteiger partial charge in [-0.1, -0.05) is 18.2 Å². The van der Waals surface area contributed by atoms with Crippen molar-refractivity contribution >= 4 is 17.5 Å². The van der Waals surface area contributed by atoms with Crippen LogP contribution in [0.1, 0.15) is 29.2 Å². The second-order valence-corrected chi connectivity index (χ2v) is 6.09. The average molecular weight is 352 g/mol. The predicted molar refractivity (Wildman–Crippen MR) is 93.9 cm³/mol. The Morgan fingerprint density at radius 3 is 2.85 bits per heavy atom. The minimum atomic E-state index is -0.680. The van der Waals surface area contributed by atoms with Gasteiger partial charge in [-0.2, -0.15) is 0 Å². The van der Waals surface area contributed by atoms with Crippen molar-refractivity contribution in [3.8, 4) is 11.3 Å². The molecule has 1 aliphatic rings. The van der Waals surface area contributed by atoms with Gasteiger partial charge in [0.25, 0.3) is 5.91 Å². The van der Waals surface area contributed by atoms with Crippen LogP contribution in [0.15, 0.2) is 47.0 Å². The summed E-state index contributed by atoms with van der Waals surface area (Å²) in [4.78, 5) is 27.1. The number of amides is 1. The lowest BCUT2D eigenvalue weighted by Crippen LogP contribution is -2.11. The van der Waals surface area contributed by atoms with E-state index in [0.717, 1.165) is 49.0 Å². The van der Waals surface area contributed by atoms with Gasteiger partial charge in [0.15, 0.2) is 5.76 Å². The third-order valence-electron chi connectivity index (χ3n) is 4.36. The number of para-hydroxylation sites is 1. The number of rotatable bonds is 4. The number of hydrogen-bond acceptors (Lipinski definition) is 5. The van der Waals surface area contributed by atoms with Gasteiger partial charge in [0.1, 0.15) is 10.7 Å². The number of nitrogens with one attached hydrogen (secondary N) is 1. The minimum Gasteiger partial charge on any atom is -0.395 e. The van der Waals surface area contributed by atoms with Crippen molar-refractivity contribution in [2.75, 3.05) is 5.32 Å². The molecule has 0 aliphatic carbocycles. The maximum atomic E-state index is 12.4. The van der Waals surface area contributed by atoms with Gasteiger partial charge >= 0.3 is 5.88 Å². The molecule has 4 rings (SSSR count). The highest BCUT2D eigenvalue weighted by molar-refractivity contribution is 6.04. The molecule has 0 spiro atoms. The Balaban J connectivity index is 1.62. The van der Waals surface area contributed by atoms with Crippen molar-refractivity contribution in [3.05, 3.63) is 64.3 Å². The lowest BCUT2D eigenvalue weighted by molar-refractivity contribution is -0.402. The lowest BCUT2D eigenvalue weighted by atomic mass is 10.1. The lowest BCUT2D eigenvalue weighted by Gasteiger charge is -2.11. The summed E-state index contributed by atoms with van der Waals surface area (Å²) in [6.07, 6.45) is 5.21. The predicted octanol–water partition coefficient (Wildman–Crippen LogP) is 3.64. The zero-order valence-electron chi connectivity index (χ0n) is 13.8. The summed E-state index contributed by atoms with van der Waals surface area (Å²) in [5, 5.41) is 13.5. The van der Waals surface area contributed by atoms with Crippen molar-refractivity contribution in [3.63, 3.8) is 0 Å². The molecule has 1 aromatic carbocycles. The maximum absolute atomic E-state index is 12.4. The van der Waals surface area contributed by atoms with Crippen LogP contribution in [0, 0.1) is 10.1 Å². The number of aryl methyl sites for hydroxylation is 2. The van der Waals surface area contributed by atoms with Gasteiger partial charge in [-0.3, -0.25) is 14.9 Å². The number of aromatic nitrogens is 2.